The van der Waals surface area contributed by atoms with Crippen LogP contribution < -0.4 is 16.0 Å². The summed E-state index contributed by atoms with van der Waals surface area (Å²) in [7, 11) is 0. The molecule has 1 unspecified atom stereocenters. The smallest absolute Gasteiger partial charge is 0.241 e. The third kappa shape index (κ3) is 3.13. The van der Waals surface area contributed by atoms with Gasteiger partial charge in [-0.05, 0) is 67.1 Å². The van der Waals surface area contributed by atoms with E-state index in [0.29, 0.717) is 17.3 Å². The zero-order valence-corrected chi connectivity index (χ0v) is 16.8. The topological polar surface area (TPSA) is 84.1 Å². The largest absolute Gasteiger partial charge is 0.399 e. The number of nitrogen functional groups attached to an aromatic ring is 1. The summed E-state index contributed by atoms with van der Waals surface area (Å²) >= 11 is 0. The molecule has 1 spiro atoms. The van der Waals surface area contributed by atoms with E-state index < -0.39 is 0 Å². The molecule has 5 rings (SSSR count). The van der Waals surface area contributed by atoms with E-state index in [2.05, 4.69) is 33.5 Å². The number of fused-ring (bicyclic) bond motifs is 2. The second kappa shape index (κ2) is 7.54. The second-order valence-electron chi connectivity index (χ2n) is 8.18. The van der Waals surface area contributed by atoms with Crippen LogP contribution in [0.25, 0.3) is 0 Å². The first kappa shape index (κ1) is 18.8. The molecular weight excluding hydrogens is 374 g/mol. The number of carbonyl (C=O) groups excluding carboxylic acids is 1. The molecule has 0 saturated carbocycles. The van der Waals surface area contributed by atoms with E-state index in [1.807, 2.05) is 24.3 Å². The van der Waals surface area contributed by atoms with Gasteiger partial charge in [0.2, 0.25) is 5.91 Å². The lowest BCUT2D eigenvalue weighted by atomic mass is 9.74. The summed E-state index contributed by atoms with van der Waals surface area (Å²) in [6.45, 7) is 1.96. The number of amides is 1. The van der Waals surface area contributed by atoms with Gasteiger partial charge in [0.05, 0.1) is 5.92 Å². The second-order valence-corrected chi connectivity index (χ2v) is 8.18. The molecular formula is C24H25N5O. The highest BCUT2D eigenvalue weighted by Crippen LogP contribution is 2.51. The number of aromatic nitrogens is 2. The standard InChI is InChI=1S/C24H25N5O/c25-17-8-12-28-22(15-17)29(21-7-3-4-11-27-21)23(30)19-16-24(9-13-26-14-10-24)20-6-2-1-5-18(19)20/h1-8,11-12,15,19,26H,9-10,13-14,16H2,(H2,25,28). The Bertz CT molecular complexity index is 1060. The van der Waals surface area contributed by atoms with Crippen LogP contribution in [0.5, 0.6) is 0 Å². The predicted octanol–water partition coefficient (Wildman–Crippen LogP) is 3.53. The van der Waals surface area contributed by atoms with Crippen molar-refractivity contribution in [3.05, 3.63) is 78.1 Å². The molecule has 0 bridgehead atoms. The Hall–Kier alpha value is -3.25. The predicted molar refractivity (Wildman–Crippen MR) is 118 cm³/mol. The quantitative estimate of drug-likeness (QED) is 0.704. The highest BCUT2D eigenvalue weighted by atomic mass is 16.2. The van der Waals surface area contributed by atoms with Crippen LogP contribution >= 0.6 is 0 Å². The summed E-state index contributed by atoms with van der Waals surface area (Å²) in [5.74, 6) is 0.825. The first-order valence-corrected chi connectivity index (χ1v) is 10.4. The molecule has 30 heavy (non-hydrogen) atoms. The fraction of sp³-hybridized carbons (Fsp3) is 0.292. The molecule has 6 nitrogen and oxygen atoms in total. The van der Waals surface area contributed by atoms with E-state index in [9.17, 15) is 4.79 Å². The lowest BCUT2D eigenvalue weighted by molar-refractivity contribution is -0.119. The van der Waals surface area contributed by atoms with Gasteiger partial charge < -0.3 is 11.1 Å². The monoisotopic (exact) mass is 399 g/mol. The van der Waals surface area contributed by atoms with Crippen LogP contribution in [0.4, 0.5) is 17.3 Å². The van der Waals surface area contributed by atoms with E-state index in [-0.39, 0.29) is 17.2 Å². The van der Waals surface area contributed by atoms with Gasteiger partial charge in [0.1, 0.15) is 11.6 Å². The molecule has 152 valence electrons. The number of hydrogen-bond donors (Lipinski definition) is 2. The van der Waals surface area contributed by atoms with Crippen molar-refractivity contribution < 1.29 is 4.79 Å². The number of pyridine rings is 2. The van der Waals surface area contributed by atoms with Gasteiger partial charge in [-0.2, -0.15) is 0 Å². The van der Waals surface area contributed by atoms with Crippen molar-refractivity contribution in [3.63, 3.8) is 0 Å². The molecule has 0 radical (unpaired) electrons. The molecule has 6 heteroatoms. The summed E-state index contributed by atoms with van der Waals surface area (Å²) in [4.78, 5) is 24.6. The average molecular weight is 399 g/mol. The van der Waals surface area contributed by atoms with Crippen molar-refractivity contribution >= 4 is 23.2 Å². The third-order valence-corrected chi connectivity index (χ3v) is 6.46. The first-order chi connectivity index (χ1) is 14.7. The molecule has 3 heterocycles. The molecule has 1 atom stereocenters. The van der Waals surface area contributed by atoms with E-state index >= 15 is 0 Å². The average Bonchev–Trinajstić information content (AvgIpc) is 3.09. The molecule has 1 aromatic carbocycles. The number of hydrogen-bond acceptors (Lipinski definition) is 5. The Kier molecular flexibility index (Phi) is 4.71. The molecule has 2 aliphatic rings. The highest BCUT2D eigenvalue weighted by molar-refractivity contribution is 6.03. The van der Waals surface area contributed by atoms with Gasteiger partial charge in [0.15, 0.2) is 0 Å². The normalized spacial score (nSPS) is 19.4. The number of carbonyl (C=O) groups is 1. The number of nitrogens with one attached hydrogen (secondary N) is 1. The molecule has 3 N–H and O–H groups in total. The number of nitrogens with two attached hydrogens (primary N) is 1. The van der Waals surface area contributed by atoms with Gasteiger partial charge in [-0.1, -0.05) is 30.3 Å². The summed E-state index contributed by atoms with van der Waals surface area (Å²) in [5, 5.41) is 3.46. The van der Waals surface area contributed by atoms with Crippen LogP contribution in [-0.4, -0.2) is 29.0 Å². The molecule has 1 amide bonds. The van der Waals surface area contributed by atoms with Crippen molar-refractivity contribution in [3.8, 4) is 0 Å². The SMILES string of the molecule is Nc1ccnc(N(C(=O)C2CC3(CCNCC3)c3ccccc32)c2ccccn2)c1. The Morgan fingerprint density at radius 3 is 2.53 bits per heavy atom. The fourth-order valence-corrected chi connectivity index (χ4v) is 5.04. The zero-order chi connectivity index (χ0) is 20.6. The van der Waals surface area contributed by atoms with Crippen LogP contribution in [0.3, 0.4) is 0 Å². The molecule has 3 aromatic rings. The van der Waals surface area contributed by atoms with E-state index in [1.54, 1.807) is 29.4 Å². The van der Waals surface area contributed by atoms with Crippen LogP contribution in [0.15, 0.2) is 67.0 Å². The van der Waals surface area contributed by atoms with Gasteiger partial charge >= 0.3 is 0 Å². The maximum absolute atomic E-state index is 14.0. The number of piperidine rings is 1. The van der Waals surface area contributed by atoms with E-state index in [0.717, 1.165) is 37.9 Å². The highest BCUT2D eigenvalue weighted by Gasteiger charge is 2.47. The fourth-order valence-electron chi connectivity index (χ4n) is 5.04. The molecule has 1 aliphatic carbocycles. The van der Waals surface area contributed by atoms with Crippen LogP contribution in [0.1, 0.15) is 36.3 Å². The van der Waals surface area contributed by atoms with E-state index in [4.69, 9.17) is 5.73 Å². The Morgan fingerprint density at radius 1 is 1.00 bits per heavy atom. The maximum Gasteiger partial charge on any atom is 0.241 e. The lowest BCUT2D eigenvalue weighted by Crippen LogP contribution is -2.39. The number of benzene rings is 1. The summed E-state index contributed by atoms with van der Waals surface area (Å²) in [6.07, 6.45) is 6.24. The third-order valence-electron chi connectivity index (χ3n) is 6.46. The minimum Gasteiger partial charge on any atom is -0.399 e. The van der Waals surface area contributed by atoms with Crippen molar-refractivity contribution in [2.75, 3.05) is 23.7 Å². The summed E-state index contributed by atoms with van der Waals surface area (Å²) in [5.41, 5.74) is 9.09. The lowest BCUT2D eigenvalue weighted by Gasteiger charge is -2.35. The zero-order valence-electron chi connectivity index (χ0n) is 16.8. The number of anilines is 3. The molecule has 1 saturated heterocycles. The number of nitrogens with zero attached hydrogens (tertiary/aromatic N) is 3. The van der Waals surface area contributed by atoms with Gasteiger partial charge in [0, 0.05) is 24.1 Å². The maximum atomic E-state index is 14.0. The molecule has 1 aliphatic heterocycles. The number of rotatable bonds is 3. The minimum atomic E-state index is -0.232. The van der Waals surface area contributed by atoms with Crippen molar-refractivity contribution in [2.24, 2.45) is 0 Å². The van der Waals surface area contributed by atoms with E-state index in [1.165, 1.54) is 5.56 Å². The Balaban J connectivity index is 1.59. The summed E-state index contributed by atoms with van der Waals surface area (Å²) in [6, 6.07) is 17.4. The minimum absolute atomic E-state index is 0.00495. The van der Waals surface area contributed by atoms with Crippen LogP contribution in [0.2, 0.25) is 0 Å². The van der Waals surface area contributed by atoms with Crippen molar-refractivity contribution in [1.82, 2.24) is 15.3 Å². The van der Waals surface area contributed by atoms with Crippen molar-refractivity contribution in [1.29, 1.82) is 0 Å². The van der Waals surface area contributed by atoms with Gasteiger partial charge in [0.25, 0.3) is 0 Å². The molecule has 1 fully saturated rings. The summed E-state index contributed by atoms with van der Waals surface area (Å²) < 4.78 is 0. The Morgan fingerprint density at radius 2 is 1.77 bits per heavy atom. The van der Waals surface area contributed by atoms with Crippen LogP contribution in [0, 0.1) is 0 Å². The van der Waals surface area contributed by atoms with Gasteiger partial charge in [-0.3, -0.25) is 4.79 Å². The van der Waals surface area contributed by atoms with Crippen molar-refractivity contribution in [2.45, 2.75) is 30.6 Å². The van der Waals surface area contributed by atoms with Gasteiger partial charge in [-0.25, -0.2) is 14.9 Å². The van der Waals surface area contributed by atoms with Crippen LogP contribution in [-0.2, 0) is 10.2 Å². The Labute approximate surface area is 176 Å². The van der Waals surface area contributed by atoms with Gasteiger partial charge in [-0.15, -0.1) is 0 Å². The molecule has 2 aromatic heterocycles. The first-order valence-electron chi connectivity index (χ1n) is 10.4.